The lowest BCUT2D eigenvalue weighted by Gasteiger charge is -2.06. The van der Waals surface area contributed by atoms with E-state index >= 15 is 0 Å². The molecule has 0 spiro atoms. The lowest BCUT2D eigenvalue weighted by Crippen LogP contribution is -2.22. The highest BCUT2D eigenvalue weighted by Gasteiger charge is 2.13. The van der Waals surface area contributed by atoms with E-state index in [-0.39, 0.29) is 0 Å². The average Bonchev–Trinajstić information content (AvgIpc) is 2.34. The normalized spacial score (nSPS) is 28.7. The van der Waals surface area contributed by atoms with Crippen molar-refractivity contribution in [1.29, 1.82) is 0 Å². The molecule has 1 aliphatic heterocycles. The van der Waals surface area contributed by atoms with Gasteiger partial charge in [-0.2, -0.15) is 0 Å². The summed E-state index contributed by atoms with van der Waals surface area (Å²) in [6.45, 7) is 1.15. The van der Waals surface area contributed by atoms with Crippen LogP contribution in [-0.2, 0) is 10.8 Å². The molecule has 0 aliphatic carbocycles. The van der Waals surface area contributed by atoms with Crippen LogP contribution in [0, 0.1) is 0 Å². The van der Waals surface area contributed by atoms with Gasteiger partial charge in [-0.05, 0) is 25.8 Å². The predicted molar refractivity (Wildman–Crippen MR) is 44.6 cm³/mol. The van der Waals surface area contributed by atoms with E-state index in [1.807, 2.05) is 0 Å². The van der Waals surface area contributed by atoms with Gasteiger partial charge in [0.05, 0.1) is 0 Å². The molecule has 3 heteroatoms. The summed E-state index contributed by atoms with van der Waals surface area (Å²) in [5.74, 6) is 0.859. The third kappa shape index (κ3) is 2.80. The molecular weight excluding hydrogens is 146 g/mol. The van der Waals surface area contributed by atoms with E-state index in [9.17, 15) is 4.21 Å². The molecule has 0 aromatic rings. The third-order valence-electron chi connectivity index (χ3n) is 1.92. The van der Waals surface area contributed by atoms with Crippen LogP contribution in [0.25, 0.3) is 0 Å². The third-order valence-corrected chi connectivity index (χ3v) is 2.73. The Hall–Kier alpha value is 0.110. The lowest BCUT2D eigenvalue weighted by atomic mass is 10.2. The van der Waals surface area contributed by atoms with Crippen molar-refractivity contribution in [3.63, 3.8) is 0 Å². The molecular formula is C7H15NOS. The first-order valence-corrected chi connectivity index (χ1v) is 5.55. The molecule has 1 N–H and O–H groups in total. The molecule has 1 saturated heterocycles. The SMILES string of the molecule is CS(=O)CCC1CCCN1. The van der Waals surface area contributed by atoms with Crippen LogP contribution >= 0.6 is 0 Å². The quantitative estimate of drug-likeness (QED) is 0.653. The summed E-state index contributed by atoms with van der Waals surface area (Å²) in [5.41, 5.74) is 0. The minimum absolute atomic E-state index is 0.602. The van der Waals surface area contributed by atoms with Gasteiger partial charge in [0.25, 0.3) is 0 Å². The van der Waals surface area contributed by atoms with E-state index < -0.39 is 10.8 Å². The zero-order chi connectivity index (χ0) is 7.40. The Morgan fingerprint density at radius 3 is 3.00 bits per heavy atom. The summed E-state index contributed by atoms with van der Waals surface area (Å²) in [6.07, 6.45) is 5.43. The lowest BCUT2D eigenvalue weighted by molar-refractivity contribution is 0.586. The van der Waals surface area contributed by atoms with Crippen LogP contribution in [0.1, 0.15) is 19.3 Å². The molecule has 60 valence electrons. The molecule has 1 heterocycles. The van der Waals surface area contributed by atoms with Gasteiger partial charge in [0, 0.05) is 28.9 Å². The molecule has 1 aliphatic rings. The summed E-state index contributed by atoms with van der Waals surface area (Å²) in [5, 5.41) is 3.38. The fourth-order valence-electron chi connectivity index (χ4n) is 1.31. The molecule has 2 atom stereocenters. The summed E-state index contributed by atoms with van der Waals surface area (Å²) in [7, 11) is -0.602. The second-order valence-electron chi connectivity index (χ2n) is 2.86. The molecule has 2 nitrogen and oxygen atoms in total. The van der Waals surface area contributed by atoms with Crippen LogP contribution in [0.3, 0.4) is 0 Å². The highest BCUT2D eigenvalue weighted by molar-refractivity contribution is 7.84. The van der Waals surface area contributed by atoms with E-state index in [0.717, 1.165) is 18.7 Å². The molecule has 0 aromatic heterocycles. The Morgan fingerprint density at radius 2 is 2.50 bits per heavy atom. The Labute approximate surface area is 64.8 Å². The van der Waals surface area contributed by atoms with Crippen LogP contribution in [-0.4, -0.2) is 28.8 Å². The van der Waals surface area contributed by atoms with E-state index in [1.54, 1.807) is 6.26 Å². The van der Waals surface area contributed by atoms with Crippen molar-refractivity contribution < 1.29 is 4.21 Å². The maximum Gasteiger partial charge on any atom is 0.0246 e. The first kappa shape index (κ1) is 8.21. The number of hydrogen-bond donors (Lipinski definition) is 1. The second-order valence-corrected chi connectivity index (χ2v) is 4.41. The van der Waals surface area contributed by atoms with Crippen molar-refractivity contribution in [2.24, 2.45) is 0 Å². The van der Waals surface area contributed by atoms with Gasteiger partial charge in [0.1, 0.15) is 0 Å². The number of hydrogen-bond acceptors (Lipinski definition) is 2. The molecule has 0 bridgehead atoms. The van der Waals surface area contributed by atoms with E-state index in [4.69, 9.17) is 0 Å². The zero-order valence-electron chi connectivity index (χ0n) is 6.43. The van der Waals surface area contributed by atoms with Gasteiger partial charge in [-0.1, -0.05) is 0 Å². The van der Waals surface area contributed by atoms with Crippen molar-refractivity contribution in [3.8, 4) is 0 Å². The Kier molecular flexibility index (Phi) is 3.35. The van der Waals surface area contributed by atoms with Gasteiger partial charge in [-0.15, -0.1) is 0 Å². The summed E-state index contributed by atoms with van der Waals surface area (Å²) >= 11 is 0. The smallest absolute Gasteiger partial charge is 0.0246 e. The monoisotopic (exact) mass is 161 g/mol. The molecule has 0 amide bonds. The molecule has 1 rings (SSSR count). The van der Waals surface area contributed by atoms with E-state index in [0.29, 0.717) is 6.04 Å². The van der Waals surface area contributed by atoms with Gasteiger partial charge in [-0.3, -0.25) is 4.21 Å². The fraction of sp³-hybridized carbons (Fsp3) is 1.00. The first-order valence-electron chi connectivity index (χ1n) is 3.82. The van der Waals surface area contributed by atoms with Crippen molar-refractivity contribution in [2.45, 2.75) is 25.3 Å². The van der Waals surface area contributed by atoms with E-state index in [2.05, 4.69) is 5.32 Å². The maximum atomic E-state index is 10.7. The second kappa shape index (κ2) is 4.09. The molecule has 2 unspecified atom stereocenters. The number of nitrogens with one attached hydrogen (secondary N) is 1. The molecule has 10 heavy (non-hydrogen) atoms. The summed E-state index contributed by atoms with van der Waals surface area (Å²) < 4.78 is 10.7. The topological polar surface area (TPSA) is 29.1 Å². The summed E-state index contributed by atoms with van der Waals surface area (Å²) in [4.78, 5) is 0. The van der Waals surface area contributed by atoms with Crippen molar-refractivity contribution in [2.75, 3.05) is 18.6 Å². The highest BCUT2D eigenvalue weighted by Crippen LogP contribution is 2.08. The van der Waals surface area contributed by atoms with Crippen LogP contribution < -0.4 is 5.32 Å². The molecule has 0 saturated carbocycles. The van der Waals surface area contributed by atoms with Gasteiger partial charge in [0.15, 0.2) is 0 Å². The van der Waals surface area contributed by atoms with Crippen molar-refractivity contribution >= 4 is 10.8 Å². The number of rotatable bonds is 3. The molecule has 0 aromatic carbocycles. The van der Waals surface area contributed by atoms with Gasteiger partial charge >= 0.3 is 0 Å². The highest BCUT2D eigenvalue weighted by atomic mass is 32.2. The van der Waals surface area contributed by atoms with Crippen LogP contribution in [0.5, 0.6) is 0 Å². The van der Waals surface area contributed by atoms with Gasteiger partial charge < -0.3 is 5.32 Å². The minimum atomic E-state index is -0.602. The fourth-order valence-corrected chi connectivity index (χ4v) is 1.93. The minimum Gasteiger partial charge on any atom is -0.314 e. The van der Waals surface area contributed by atoms with Crippen molar-refractivity contribution in [1.82, 2.24) is 5.32 Å². The zero-order valence-corrected chi connectivity index (χ0v) is 7.25. The summed E-state index contributed by atoms with van der Waals surface area (Å²) in [6, 6.07) is 0.656. The average molecular weight is 161 g/mol. The standard InChI is InChI=1S/C7H15NOS/c1-10(9)6-4-7-3-2-5-8-7/h7-8H,2-6H2,1H3. The Bertz CT molecular complexity index is 121. The predicted octanol–water partition coefficient (Wildman–Crippen LogP) is 0.507. The van der Waals surface area contributed by atoms with Gasteiger partial charge in [-0.25, -0.2) is 0 Å². The van der Waals surface area contributed by atoms with Crippen LogP contribution in [0.15, 0.2) is 0 Å². The molecule has 1 fully saturated rings. The maximum absolute atomic E-state index is 10.7. The van der Waals surface area contributed by atoms with E-state index in [1.165, 1.54) is 12.8 Å². The van der Waals surface area contributed by atoms with Crippen LogP contribution in [0.4, 0.5) is 0 Å². The largest absolute Gasteiger partial charge is 0.314 e. The van der Waals surface area contributed by atoms with Crippen LogP contribution in [0.2, 0.25) is 0 Å². The van der Waals surface area contributed by atoms with Crippen molar-refractivity contribution in [3.05, 3.63) is 0 Å². The Morgan fingerprint density at radius 1 is 1.70 bits per heavy atom. The Balaban J connectivity index is 2.07. The van der Waals surface area contributed by atoms with Gasteiger partial charge in [0.2, 0.25) is 0 Å². The molecule has 0 radical (unpaired) electrons. The first-order chi connectivity index (χ1) is 4.79.